The van der Waals surface area contributed by atoms with E-state index >= 15 is 0 Å². The molecule has 2 N–H and O–H groups in total. The minimum Gasteiger partial charge on any atom is -0.480 e. The van der Waals surface area contributed by atoms with Crippen LogP contribution in [-0.2, 0) is 4.79 Å². The highest BCUT2D eigenvalue weighted by atomic mass is 16.4. The van der Waals surface area contributed by atoms with E-state index in [9.17, 15) is 9.90 Å². The van der Waals surface area contributed by atoms with Crippen LogP contribution in [0.3, 0.4) is 0 Å². The zero-order valence-electron chi connectivity index (χ0n) is 10.4. The SMILES string of the molecule is Cc1cccc(NC2(C(=O)O)CCCC2)c1C. The lowest BCUT2D eigenvalue weighted by Crippen LogP contribution is -2.43. The molecule has 3 nitrogen and oxygen atoms in total. The van der Waals surface area contributed by atoms with Gasteiger partial charge in [-0.25, -0.2) is 4.79 Å². The average Bonchev–Trinajstić information content (AvgIpc) is 2.75. The molecule has 0 amide bonds. The number of aryl methyl sites for hydroxylation is 1. The number of carboxylic acids is 1. The van der Waals surface area contributed by atoms with Crippen molar-refractivity contribution in [2.45, 2.75) is 45.1 Å². The minimum atomic E-state index is -0.751. The molecule has 1 fully saturated rings. The van der Waals surface area contributed by atoms with Gasteiger partial charge in [0.15, 0.2) is 0 Å². The summed E-state index contributed by atoms with van der Waals surface area (Å²) in [5.41, 5.74) is 2.53. The van der Waals surface area contributed by atoms with Crippen molar-refractivity contribution in [2.24, 2.45) is 0 Å². The Hall–Kier alpha value is -1.51. The van der Waals surface area contributed by atoms with E-state index in [1.807, 2.05) is 32.0 Å². The molecule has 1 aromatic rings. The number of carboxylic acid groups (broad SMARTS) is 1. The van der Waals surface area contributed by atoms with E-state index in [1.54, 1.807) is 0 Å². The fraction of sp³-hybridized carbons (Fsp3) is 0.500. The highest BCUT2D eigenvalue weighted by molar-refractivity contribution is 5.83. The van der Waals surface area contributed by atoms with Gasteiger partial charge in [0.25, 0.3) is 0 Å². The molecular weight excluding hydrogens is 214 g/mol. The van der Waals surface area contributed by atoms with Crippen LogP contribution in [0, 0.1) is 13.8 Å². The van der Waals surface area contributed by atoms with Crippen molar-refractivity contribution < 1.29 is 9.90 Å². The number of benzene rings is 1. The summed E-state index contributed by atoms with van der Waals surface area (Å²) in [5, 5.41) is 12.7. The van der Waals surface area contributed by atoms with E-state index in [-0.39, 0.29) is 0 Å². The van der Waals surface area contributed by atoms with Gasteiger partial charge in [0.05, 0.1) is 0 Å². The first kappa shape index (κ1) is 12.0. The van der Waals surface area contributed by atoms with Gasteiger partial charge in [0.1, 0.15) is 5.54 Å². The minimum absolute atomic E-state index is 0.718. The summed E-state index contributed by atoms with van der Waals surface area (Å²) < 4.78 is 0. The second-order valence-corrected chi connectivity index (χ2v) is 4.97. The highest BCUT2D eigenvalue weighted by Crippen LogP contribution is 2.34. The summed E-state index contributed by atoms with van der Waals surface area (Å²) in [7, 11) is 0. The second kappa shape index (κ2) is 4.40. The van der Waals surface area contributed by atoms with E-state index in [0.29, 0.717) is 0 Å². The first-order valence-corrected chi connectivity index (χ1v) is 6.13. The Balaban J connectivity index is 2.30. The Labute approximate surface area is 102 Å². The maximum atomic E-state index is 11.5. The topological polar surface area (TPSA) is 49.3 Å². The lowest BCUT2D eigenvalue weighted by atomic mass is 9.96. The van der Waals surface area contributed by atoms with Gasteiger partial charge in [-0.2, -0.15) is 0 Å². The molecule has 0 unspecified atom stereocenters. The normalized spacial score (nSPS) is 18.0. The molecule has 1 aliphatic rings. The maximum absolute atomic E-state index is 11.5. The Morgan fingerprint density at radius 2 is 1.94 bits per heavy atom. The zero-order chi connectivity index (χ0) is 12.5. The van der Waals surface area contributed by atoms with Crippen molar-refractivity contribution in [3.05, 3.63) is 29.3 Å². The van der Waals surface area contributed by atoms with Crippen molar-refractivity contribution in [2.75, 3.05) is 5.32 Å². The quantitative estimate of drug-likeness (QED) is 0.843. The van der Waals surface area contributed by atoms with Crippen LogP contribution < -0.4 is 5.32 Å². The van der Waals surface area contributed by atoms with Crippen LogP contribution in [0.25, 0.3) is 0 Å². The molecule has 0 radical (unpaired) electrons. The lowest BCUT2D eigenvalue weighted by Gasteiger charge is -2.28. The van der Waals surface area contributed by atoms with Gasteiger partial charge in [0.2, 0.25) is 0 Å². The van der Waals surface area contributed by atoms with Crippen LogP contribution in [0.4, 0.5) is 5.69 Å². The first-order chi connectivity index (χ1) is 8.05. The van der Waals surface area contributed by atoms with Crippen LogP contribution in [0.1, 0.15) is 36.8 Å². The summed E-state index contributed by atoms with van der Waals surface area (Å²) in [4.78, 5) is 11.5. The summed E-state index contributed by atoms with van der Waals surface area (Å²) in [6.07, 6.45) is 3.42. The van der Waals surface area contributed by atoms with E-state index in [0.717, 1.165) is 36.9 Å². The summed E-state index contributed by atoms with van der Waals surface area (Å²) in [6, 6.07) is 5.98. The molecule has 0 aromatic heterocycles. The predicted molar refractivity (Wildman–Crippen MR) is 68.4 cm³/mol. The largest absolute Gasteiger partial charge is 0.480 e. The Morgan fingerprint density at radius 3 is 2.53 bits per heavy atom. The molecule has 1 saturated carbocycles. The van der Waals surface area contributed by atoms with Gasteiger partial charge in [-0.1, -0.05) is 25.0 Å². The molecule has 1 aromatic carbocycles. The molecule has 3 heteroatoms. The highest BCUT2D eigenvalue weighted by Gasteiger charge is 2.41. The van der Waals surface area contributed by atoms with Crippen molar-refractivity contribution in [3.8, 4) is 0 Å². The third kappa shape index (κ3) is 2.14. The van der Waals surface area contributed by atoms with Gasteiger partial charge in [0, 0.05) is 5.69 Å². The van der Waals surface area contributed by atoms with E-state index in [4.69, 9.17) is 0 Å². The molecule has 1 aliphatic carbocycles. The van der Waals surface area contributed by atoms with E-state index in [1.165, 1.54) is 5.56 Å². The standard InChI is InChI=1S/C14H19NO2/c1-10-6-5-7-12(11(10)2)15-14(13(16)17)8-3-4-9-14/h5-7,15H,3-4,8-9H2,1-2H3,(H,16,17). The van der Waals surface area contributed by atoms with Gasteiger partial charge in [-0.3, -0.25) is 0 Å². The molecule has 0 atom stereocenters. The molecule has 0 bridgehead atoms. The van der Waals surface area contributed by atoms with Gasteiger partial charge < -0.3 is 10.4 Å². The van der Waals surface area contributed by atoms with Crippen molar-refractivity contribution in [3.63, 3.8) is 0 Å². The monoisotopic (exact) mass is 233 g/mol. The fourth-order valence-corrected chi connectivity index (χ4v) is 2.52. The van der Waals surface area contributed by atoms with Crippen LogP contribution in [0.15, 0.2) is 18.2 Å². The Bertz CT molecular complexity index is 434. The fourth-order valence-electron chi connectivity index (χ4n) is 2.52. The van der Waals surface area contributed by atoms with Crippen molar-refractivity contribution in [1.29, 1.82) is 0 Å². The molecule has 92 valence electrons. The number of anilines is 1. The number of rotatable bonds is 3. The third-order valence-electron chi connectivity index (χ3n) is 3.85. The molecule has 0 spiro atoms. The zero-order valence-corrected chi connectivity index (χ0v) is 10.4. The number of nitrogens with one attached hydrogen (secondary N) is 1. The maximum Gasteiger partial charge on any atom is 0.329 e. The van der Waals surface area contributed by atoms with Gasteiger partial charge in [-0.05, 0) is 43.9 Å². The molecule has 0 saturated heterocycles. The summed E-state index contributed by atoms with van der Waals surface area (Å²) in [6.45, 7) is 4.07. The number of hydrogen-bond donors (Lipinski definition) is 2. The van der Waals surface area contributed by atoms with Crippen molar-refractivity contribution in [1.82, 2.24) is 0 Å². The number of carbonyl (C=O) groups is 1. The Morgan fingerprint density at radius 1 is 1.29 bits per heavy atom. The van der Waals surface area contributed by atoms with E-state index in [2.05, 4.69) is 5.32 Å². The number of hydrogen-bond acceptors (Lipinski definition) is 2. The molecule has 0 aliphatic heterocycles. The van der Waals surface area contributed by atoms with Crippen LogP contribution in [0.5, 0.6) is 0 Å². The van der Waals surface area contributed by atoms with Gasteiger partial charge >= 0.3 is 5.97 Å². The number of aliphatic carboxylic acids is 1. The third-order valence-corrected chi connectivity index (χ3v) is 3.85. The summed E-state index contributed by atoms with van der Waals surface area (Å²) in [5.74, 6) is -0.726. The van der Waals surface area contributed by atoms with Gasteiger partial charge in [-0.15, -0.1) is 0 Å². The summed E-state index contributed by atoms with van der Waals surface area (Å²) >= 11 is 0. The smallest absolute Gasteiger partial charge is 0.329 e. The molecule has 17 heavy (non-hydrogen) atoms. The van der Waals surface area contributed by atoms with E-state index < -0.39 is 11.5 Å². The average molecular weight is 233 g/mol. The van der Waals surface area contributed by atoms with Crippen LogP contribution >= 0.6 is 0 Å². The Kier molecular flexibility index (Phi) is 3.09. The molecule has 0 heterocycles. The molecule has 2 rings (SSSR count). The second-order valence-electron chi connectivity index (χ2n) is 4.97. The van der Waals surface area contributed by atoms with Crippen LogP contribution in [0.2, 0.25) is 0 Å². The van der Waals surface area contributed by atoms with Crippen molar-refractivity contribution >= 4 is 11.7 Å². The van der Waals surface area contributed by atoms with Crippen LogP contribution in [-0.4, -0.2) is 16.6 Å². The predicted octanol–water partition coefficient (Wildman–Crippen LogP) is 3.11. The molecular formula is C14H19NO2. The first-order valence-electron chi connectivity index (χ1n) is 6.13. The lowest BCUT2D eigenvalue weighted by molar-refractivity contribution is -0.142.